The van der Waals surface area contributed by atoms with Gasteiger partial charge in [0.25, 0.3) is 5.91 Å². The van der Waals surface area contributed by atoms with E-state index in [-0.39, 0.29) is 16.6 Å². The first-order chi connectivity index (χ1) is 10.1. The van der Waals surface area contributed by atoms with E-state index in [9.17, 15) is 14.3 Å². The van der Waals surface area contributed by atoms with Gasteiger partial charge in [0.1, 0.15) is 5.82 Å². The fourth-order valence-corrected chi connectivity index (χ4v) is 2.45. The number of hydrogen-bond donors (Lipinski definition) is 2. The van der Waals surface area contributed by atoms with E-state index in [2.05, 4.69) is 21.2 Å². The lowest BCUT2D eigenvalue weighted by molar-refractivity contribution is 0.0915. The number of halogens is 2. The van der Waals surface area contributed by atoms with Gasteiger partial charge in [-0.15, -0.1) is 0 Å². The second-order valence-electron chi connectivity index (χ2n) is 4.64. The molecule has 0 aliphatic heterocycles. The molecule has 0 heterocycles. The highest BCUT2D eigenvalue weighted by Gasteiger charge is 2.17. The number of nitrogens with one attached hydrogen (secondary N) is 1. The highest BCUT2D eigenvalue weighted by atomic mass is 79.9. The number of carbonyl (C=O) groups excluding carboxylic acids is 1. The van der Waals surface area contributed by atoms with Gasteiger partial charge in [-0.1, -0.05) is 36.4 Å². The van der Waals surface area contributed by atoms with Crippen molar-refractivity contribution in [1.82, 2.24) is 5.32 Å². The van der Waals surface area contributed by atoms with E-state index in [1.54, 1.807) is 0 Å². The summed E-state index contributed by atoms with van der Waals surface area (Å²) in [6.45, 7) is -0.187. The molecule has 3 nitrogen and oxygen atoms in total. The molecule has 0 fully saturated rings. The topological polar surface area (TPSA) is 49.3 Å². The maximum absolute atomic E-state index is 13.4. The van der Waals surface area contributed by atoms with Crippen LogP contribution in [-0.4, -0.2) is 23.7 Å². The van der Waals surface area contributed by atoms with Gasteiger partial charge in [0.2, 0.25) is 0 Å². The number of amides is 1. The molecule has 110 valence electrons. The summed E-state index contributed by atoms with van der Waals surface area (Å²) in [6.07, 6.45) is 0.510. The van der Waals surface area contributed by atoms with Gasteiger partial charge in [-0.2, -0.15) is 0 Å². The molecule has 0 aromatic heterocycles. The van der Waals surface area contributed by atoms with E-state index >= 15 is 0 Å². The van der Waals surface area contributed by atoms with E-state index in [0.717, 1.165) is 5.56 Å². The standard InChI is InChI=1S/C16H15BrFNO2/c17-15-13(7-4-8-14(15)18)16(21)19-12(10-20)9-11-5-2-1-3-6-11/h1-8,12,20H,9-10H2,(H,19,21)/t12-/m0/s1. The van der Waals surface area contributed by atoms with E-state index in [0.29, 0.717) is 6.42 Å². The summed E-state index contributed by atoms with van der Waals surface area (Å²) in [4.78, 5) is 12.2. The zero-order chi connectivity index (χ0) is 15.2. The molecule has 0 saturated heterocycles. The fraction of sp³-hybridized carbons (Fsp3) is 0.188. The van der Waals surface area contributed by atoms with Crippen LogP contribution in [0.15, 0.2) is 53.0 Å². The van der Waals surface area contributed by atoms with E-state index < -0.39 is 17.8 Å². The number of aliphatic hydroxyl groups excluding tert-OH is 1. The van der Waals surface area contributed by atoms with Crippen molar-refractivity contribution in [3.05, 3.63) is 69.9 Å². The van der Waals surface area contributed by atoms with Crippen LogP contribution in [0, 0.1) is 5.82 Å². The van der Waals surface area contributed by atoms with Crippen LogP contribution < -0.4 is 5.32 Å². The van der Waals surface area contributed by atoms with Gasteiger partial charge in [-0.05, 0) is 40.0 Å². The normalized spacial score (nSPS) is 12.0. The Kier molecular flexibility index (Phi) is 5.47. The SMILES string of the molecule is O=C(N[C@H](CO)Cc1ccccc1)c1cccc(F)c1Br. The molecule has 0 saturated carbocycles. The number of benzene rings is 2. The minimum atomic E-state index is -0.494. The summed E-state index contributed by atoms with van der Waals surface area (Å²) in [5.74, 6) is -0.914. The molecule has 2 rings (SSSR count). The monoisotopic (exact) mass is 351 g/mol. The fourth-order valence-electron chi connectivity index (χ4n) is 2.00. The molecule has 0 unspecified atom stereocenters. The van der Waals surface area contributed by atoms with Crippen molar-refractivity contribution in [3.8, 4) is 0 Å². The van der Waals surface area contributed by atoms with Crippen LogP contribution in [0.1, 0.15) is 15.9 Å². The third kappa shape index (κ3) is 4.12. The van der Waals surface area contributed by atoms with Crippen LogP contribution in [-0.2, 0) is 6.42 Å². The first kappa shape index (κ1) is 15.7. The lowest BCUT2D eigenvalue weighted by Gasteiger charge is -2.17. The van der Waals surface area contributed by atoms with Gasteiger partial charge in [0, 0.05) is 0 Å². The summed E-state index contributed by atoms with van der Waals surface area (Å²) in [5.41, 5.74) is 1.22. The van der Waals surface area contributed by atoms with Gasteiger partial charge in [0.15, 0.2) is 0 Å². The van der Waals surface area contributed by atoms with E-state index in [1.165, 1.54) is 18.2 Å². The van der Waals surface area contributed by atoms with Gasteiger partial charge in [-0.25, -0.2) is 4.39 Å². The summed E-state index contributed by atoms with van der Waals surface area (Å²) in [7, 11) is 0. The molecule has 0 bridgehead atoms. The third-order valence-corrected chi connectivity index (χ3v) is 3.88. The molecule has 1 amide bonds. The second kappa shape index (κ2) is 7.33. The molecule has 0 aliphatic rings. The lowest BCUT2D eigenvalue weighted by Crippen LogP contribution is -2.39. The Balaban J connectivity index is 2.08. The predicted octanol–water partition coefficient (Wildman–Crippen LogP) is 2.92. The van der Waals surface area contributed by atoms with Crippen LogP contribution >= 0.6 is 15.9 Å². The molecule has 1 atom stereocenters. The summed E-state index contributed by atoms with van der Waals surface area (Å²) >= 11 is 3.06. The van der Waals surface area contributed by atoms with Gasteiger partial charge >= 0.3 is 0 Å². The first-order valence-corrected chi connectivity index (χ1v) is 7.30. The maximum Gasteiger partial charge on any atom is 0.252 e. The molecule has 0 radical (unpaired) electrons. The summed E-state index contributed by atoms with van der Waals surface area (Å²) in [5, 5.41) is 12.1. The third-order valence-electron chi connectivity index (χ3n) is 3.08. The quantitative estimate of drug-likeness (QED) is 0.869. The van der Waals surface area contributed by atoms with Gasteiger partial charge in [0.05, 0.1) is 22.7 Å². The molecular weight excluding hydrogens is 337 g/mol. The average molecular weight is 352 g/mol. The van der Waals surface area contributed by atoms with Crippen molar-refractivity contribution in [1.29, 1.82) is 0 Å². The number of aliphatic hydroxyl groups is 1. The van der Waals surface area contributed by atoms with Crippen molar-refractivity contribution in [2.45, 2.75) is 12.5 Å². The van der Waals surface area contributed by atoms with Crippen LogP contribution in [0.3, 0.4) is 0 Å². The molecule has 0 aliphatic carbocycles. The van der Waals surface area contributed by atoms with Crippen molar-refractivity contribution in [2.24, 2.45) is 0 Å². The Morgan fingerprint density at radius 3 is 2.57 bits per heavy atom. The Hall–Kier alpha value is -1.72. The Bertz CT molecular complexity index is 619. The van der Waals surface area contributed by atoms with Crippen molar-refractivity contribution in [2.75, 3.05) is 6.61 Å². The Morgan fingerprint density at radius 1 is 1.19 bits per heavy atom. The van der Waals surface area contributed by atoms with Crippen molar-refractivity contribution >= 4 is 21.8 Å². The molecule has 2 N–H and O–H groups in total. The maximum atomic E-state index is 13.4. The molecule has 0 spiro atoms. The summed E-state index contributed by atoms with van der Waals surface area (Å²) < 4.78 is 13.6. The van der Waals surface area contributed by atoms with Crippen LogP contribution in [0.4, 0.5) is 4.39 Å². The lowest BCUT2D eigenvalue weighted by atomic mass is 10.1. The summed E-state index contributed by atoms with van der Waals surface area (Å²) in [6, 6.07) is 13.4. The number of carbonyl (C=O) groups is 1. The van der Waals surface area contributed by atoms with E-state index in [4.69, 9.17) is 0 Å². The number of hydrogen-bond acceptors (Lipinski definition) is 2. The van der Waals surface area contributed by atoms with Crippen LogP contribution in [0.25, 0.3) is 0 Å². The van der Waals surface area contributed by atoms with Crippen LogP contribution in [0.2, 0.25) is 0 Å². The zero-order valence-corrected chi connectivity index (χ0v) is 12.8. The van der Waals surface area contributed by atoms with E-state index in [1.807, 2.05) is 30.3 Å². The predicted molar refractivity (Wildman–Crippen MR) is 82.6 cm³/mol. The second-order valence-corrected chi connectivity index (χ2v) is 5.44. The molecule has 2 aromatic rings. The molecule has 2 aromatic carbocycles. The minimum Gasteiger partial charge on any atom is -0.394 e. The Morgan fingerprint density at radius 2 is 1.90 bits per heavy atom. The van der Waals surface area contributed by atoms with Crippen molar-refractivity contribution in [3.63, 3.8) is 0 Å². The van der Waals surface area contributed by atoms with Gasteiger partial charge in [-0.3, -0.25) is 4.79 Å². The number of rotatable bonds is 5. The average Bonchev–Trinajstić information content (AvgIpc) is 2.50. The van der Waals surface area contributed by atoms with Crippen LogP contribution in [0.5, 0.6) is 0 Å². The molecule has 21 heavy (non-hydrogen) atoms. The van der Waals surface area contributed by atoms with Crippen molar-refractivity contribution < 1.29 is 14.3 Å². The molecular formula is C16H15BrFNO2. The van der Waals surface area contributed by atoms with Gasteiger partial charge < -0.3 is 10.4 Å². The zero-order valence-electron chi connectivity index (χ0n) is 11.2. The molecule has 5 heteroatoms. The minimum absolute atomic E-state index is 0.124. The highest BCUT2D eigenvalue weighted by Crippen LogP contribution is 2.20. The smallest absolute Gasteiger partial charge is 0.252 e. The first-order valence-electron chi connectivity index (χ1n) is 6.51. The Labute approximate surface area is 130 Å². The highest BCUT2D eigenvalue weighted by molar-refractivity contribution is 9.10. The largest absolute Gasteiger partial charge is 0.394 e.